The second kappa shape index (κ2) is 11.4. The van der Waals surface area contributed by atoms with Gasteiger partial charge in [-0.05, 0) is 49.8 Å². The Hall–Kier alpha value is -1.37. The van der Waals surface area contributed by atoms with E-state index in [0.29, 0.717) is 28.9 Å². The standard InChI is InChI=1S/C19H23Cl2FN2O2/c20-16-3-5-19(26-13-14-2-4-17(22)11-18(14)21)15(10-16)12-24-7-1-6-23-8-9-25/h2-5,10-11,23-25H,1,6-9,12-13H2. The summed E-state index contributed by atoms with van der Waals surface area (Å²) < 4.78 is 19.0. The maximum Gasteiger partial charge on any atom is 0.124 e. The molecule has 0 amide bonds. The Bertz CT molecular complexity index is 701. The normalized spacial score (nSPS) is 10.9. The smallest absolute Gasteiger partial charge is 0.124 e. The van der Waals surface area contributed by atoms with E-state index in [9.17, 15) is 4.39 Å². The third-order valence-corrected chi connectivity index (χ3v) is 4.32. The molecule has 7 heteroatoms. The molecule has 0 unspecified atom stereocenters. The third kappa shape index (κ3) is 7.09. The Labute approximate surface area is 163 Å². The molecule has 0 spiro atoms. The van der Waals surface area contributed by atoms with Gasteiger partial charge in [-0.15, -0.1) is 0 Å². The Morgan fingerprint density at radius 3 is 2.54 bits per heavy atom. The van der Waals surface area contributed by atoms with Crippen LogP contribution in [0.1, 0.15) is 17.5 Å². The van der Waals surface area contributed by atoms with Crippen molar-refractivity contribution in [2.45, 2.75) is 19.6 Å². The number of aliphatic hydroxyl groups is 1. The monoisotopic (exact) mass is 400 g/mol. The zero-order valence-electron chi connectivity index (χ0n) is 14.4. The largest absolute Gasteiger partial charge is 0.489 e. The van der Waals surface area contributed by atoms with Gasteiger partial charge in [-0.2, -0.15) is 0 Å². The average Bonchev–Trinajstić information content (AvgIpc) is 2.61. The lowest BCUT2D eigenvalue weighted by molar-refractivity contribution is 0.292. The molecule has 0 atom stereocenters. The van der Waals surface area contributed by atoms with Crippen LogP contribution in [-0.4, -0.2) is 31.3 Å². The van der Waals surface area contributed by atoms with Gasteiger partial charge in [-0.1, -0.05) is 29.3 Å². The van der Waals surface area contributed by atoms with E-state index in [2.05, 4.69) is 10.6 Å². The van der Waals surface area contributed by atoms with Crippen molar-refractivity contribution >= 4 is 23.2 Å². The summed E-state index contributed by atoms with van der Waals surface area (Å²) in [5, 5.41) is 16.2. The second-order valence-electron chi connectivity index (χ2n) is 5.78. The first kappa shape index (κ1) is 20.9. The number of benzene rings is 2. The quantitative estimate of drug-likeness (QED) is 0.502. The molecule has 2 aromatic carbocycles. The zero-order valence-corrected chi connectivity index (χ0v) is 15.9. The highest BCUT2D eigenvalue weighted by molar-refractivity contribution is 6.31. The maximum atomic E-state index is 13.1. The lowest BCUT2D eigenvalue weighted by Gasteiger charge is -2.14. The molecule has 3 N–H and O–H groups in total. The molecule has 0 saturated heterocycles. The van der Waals surface area contributed by atoms with E-state index in [1.165, 1.54) is 12.1 Å². The highest BCUT2D eigenvalue weighted by Gasteiger charge is 2.08. The van der Waals surface area contributed by atoms with Crippen molar-refractivity contribution in [2.24, 2.45) is 0 Å². The molecular formula is C19H23Cl2FN2O2. The van der Waals surface area contributed by atoms with Crippen LogP contribution in [0.4, 0.5) is 4.39 Å². The Morgan fingerprint density at radius 1 is 0.962 bits per heavy atom. The average molecular weight is 401 g/mol. The predicted molar refractivity (Wildman–Crippen MR) is 103 cm³/mol. The summed E-state index contributed by atoms with van der Waals surface area (Å²) in [7, 11) is 0. The van der Waals surface area contributed by atoms with Crippen molar-refractivity contribution in [3.8, 4) is 5.75 Å². The first-order chi connectivity index (χ1) is 12.6. The minimum absolute atomic E-state index is 0.148. The highest BCUT2D eigenvalue weighted by atomic mass is 35.5. The molecule has 142 valence electrons. The first-order valence-electron chi connectivity index (χ1n) is 8.47. The summed E-state index contributed by atoms with van der Waals surface area (Å²) in [5.74, 6) is 0.337. The molecule has 0 fully saturated rings. The maximum absolute atomic E-state index is 13.1. The summed E-state index contributed by atoms with van der Waals surface area (Å²) in [6.45, 7) is 3.29. The van der Waals surface area contributed by atoms with Crippen molar-refractivity contribution < 1.29 is 14.2 Å². The van der Waals surface area contributed by atoms with E-state index < -0.39 is 0 Å². The summed E-state index contributed by atoms with van der Waals surface area (Å²) in [6.07, 6.45) is 0.946. The fourth-order valence-corrected chi connectivity index (χ4v) is 2.80. The molecule has 4 nitrogen and oxygen atoms in total. The van der Waals surface area contributed by atoms with Gasteiger partial charge in [0.05, 0.1) is 11.6 Å². The minimum Gasteiger partial charge on any atom is -0.489 e. The number of halogens is 3. The van der Waals surface area contributed by atoms with E-state index in [1.54, 1.807) is 12.1 Å². The molecule has 0 aliphatic carbocycles. The van der Waals surface area contributed by atoms with E-state index in [-0.39, 0.29) is 19.0 Å². The summed E-state index contributed by atoms with van der Waals surface area (Å²) >= 11 is 12.1. The number of ether oxygens (including phenoxy) is 1. The number of hydrogen-bond acceptors (Lipinski definition) is 4. The van der Waals surface area contributed by atoms with Crippen molar-refractivity contribution in [3.63, 3.8) is 0 Å². The van der Waals surface area contributed by atoms with Crippen LogP contribution >= 0.6 is 23.2 Å². The molecule has 0 saturated carbocycles. The van der Waals surface area contributed by atoms with Gasteiger partial charge < -0.3 is 20.5 Å². The van der Waals surface area contributed by atoms with Gasteiger partial charge in [-0.25, -0.2) is 4.39 Å². The van der Waals surface area contributed by atoms with Crippen LogP contribution in [-0.2, 0) is 13.2 Å². The highest BCUT2D eigenvalue weighted by Crippen LogP contribution is 2.25. The predicted octanol–water partition coefficient (Wildman–Crippen LogP) is 3.77. The molecule has 0 bridgehead atoms. The minimum atomic E-state index is -0.372. The van der Waals surface area contributed by atoms with E-state index in [0.717, 1.165) is 30.6 Å². The van der Waals surface area contributed by atoms with Crippen LogP contribution in [0.2, 0.25) is 10.0 Å². The molecule has 2 aromatic rings. The third-order valence-electron chi connectivity index (χ3n) is 3.73. The Morgan fingerprint density at radius 2 is 1.77 bits per heavy atom. The lowest BCUT2D eigenvalue weighted by Crippen LogP contribution is -2.24. The summed E-state index contributed by atoms with van der Waals surface area (Å²) in [6, 6.07) is 9.70. The van der Waals surface area contributed by atoms with Gasteiger partial charge >= 0.3 is 0 Å². The van der Waals surface area contributed by atoms with Gasteiger partial charge in [0.25, 0.3) is 0 Å². The van der Waals surface area contributed by atoms with Crippen LogP contribution in [0.3, 0.4) is 0 Å². The molecule has 2 rings (SSSR count). The van der Waals surface area contributed by atoms with E-state index in [4.69, 9.17) is 33.0 Å². The first-order valence-corrected chi connectivity index (χ1v) is 9.23. The number of rotatable bonds is 11. The van der Waals surface area contributed by atoms with Crippen LogP contribution in [0.15, 0.2) is 36.4 Å². The molecule has 0 aliphatic rings. The number of aliphatic hydroxyl groups excluding tert-OH is 1. The van der Waals surface area contributed by atoms with Crippen molar-refractivity contribution in [1.29, 1.82) is 0 Å². The van der Waals surface area contributed by atoms with Crippen molar-refractivity contribution in [1.82, 2.24) is 10.6 Å². The van der Waals surface area contributed by atoms with Gasteiger partial charge in [0.15, 0.2) is 0 Å². The SMILES string of the molecule is OCCNCCCNCc1cc(Cl)ccc1OCc1ccc(F)cc1Cl. The topological polar surface area (TPSA) is 53.5 Å². The molecule has 0 radical (unpaired) electrons. The van der Waals surface area contributed by atoms with Gasteiger partial charge in [0.2, 0.25) is 0 Å². The Kier molecular flexibility index (Phi) is 9.15. The fourth-order valence-electron chi connectivity index (χ4n) is 2.39. The fraction of sp³-hybridized carbons (Fsp3) is 0.368. The summed E-state index contributed by atoms with van der Waals surface area (Å²) in [5.41, 5.74) is 1.66. The van der Waals surface area contributed by atoms with Gasteiger partial charge in [0.1, 0.15) is 18.2 Å². The van der Waals surface area contributed by atoms with Crippen LogP contribution in [0.25, 0.3) is 0 Å². The van der Waals surface area contributed by atoms with Crippen molar-refractivity contribution in [2.75, 3.05) is 26.2 Å². The molecule has 0 aromatic heterocycles. The van der Waals surface area contributed by atoms with E-state index in [1.807, 2.05) is 12.1 Å². The van der Waals surface area contributed by atoms with Crippen molar-refractivity contribution in [3.05, 3.63) is 63.4 Å². The van der Waals surface area contributed by atoms with E-state index >= 15 is 0 Å². The lowest BCUT2D eigenvalue weighted by atomic mass is 10.2. The zero-order chi connectivity index (χ0) is 18.8. The molecule has 26 heavy (non-hydrogen) atoms. The summed E-state index contributed by atoms with van der Waals surface area (Å²) in [4.78, 5) is 0. The Balaban J connectivity index is 1.88. The second-order valence-corrected chi connectivity index (χ2v) is 6.62. The van der Waals surface area contributed by atoms with Crippen LogP contribution < -0.4 is 15.4 Å². The molecular weight excluding hydrogens is 378 g/mol. The number of hydrogen-bond donors (Lipinski definition) is 3. The van der Waals surface area contributed by atoms with Gasteiger partial charge in [0, 0.05) is 29.2 Å². The van der Waals surface area contributed by atoms with Gasteiger partial charge in [-0.3, -0.25) is 0 Å². The van der Waals surface area contributed by atoms with Crippen LogP contribution in [0, 0.1) is 5.82 Å². The molecule has 0 aliphatic heterocycles. The number of nitrogens with one attached hydrogen (secondary N) is 2. The molecule has 0 heterocycles. The van der Waals surface area contributed by atoms with Crippen LogP contribution in [0.5, 0.6) is 5.75 Å².